The van der Waals surface area contributed by atoms with Crippen molar-refractivity contribution >= 4 is 22.4 Å². The molecule has 0 aliphatic carbocycles. The zero-order valence-electron chi connectivity index (χ0n) is 18.7. The monoisotopic (exact) mass is 428 g/mol. The zero-order valence-corrected chi connectivity index (χ0v) is 18.7. The molecule has 4 rings (SSSR count). The lowest BCUT2D eigenvalue weighted by molar-refractivity contribution is -0.119. The molecule has 1 N–H and O–H groups in total. The van der Waals surface area contributed by atoms with E-state index in [0.29, 0.717) is 18.7 Å². The predicted molar refractivity (Wildman–Crippen MR) is 127 cm³/mol. The minimum atomic E-state index is -0.198. The van der Waals surface area contributed by atoms with E-state index < -0.39 is 0 Å². The molecule has 32 heavy (non-hydrogen) atoms. The standard InChI is InChI=1S/C27H28N2O3/c1-18-4-6-20(7-5-18)8-12-24(30)17-26(28-27-14-19(2)32-29-27)23-10-9-22-16-25(31-3)13-11-21(22)15-23/h4-7,9-11,13-16,26H,8,12,17H2,1-3H3,(H,28,29). The number of hydrogen-bond donors (Lipinski definition) is 1. The van der Waals surface area contributed by atoms with Gasteiger partial charge in [0.1, 0.15) is 17.3 Å². The molecule has 0 aliphatic heterocycles. The topological polar surface area (TPSA) is 64.4 Å². The molecule has 1 aromatic heterocycles. The number of Topliss-reactive ketones (excluding diaryl/α,β-unsaturated/α-hetero) is 1. The Bertz CT molecular complexity index is 1210. The highest BCUT2D eigenvalue weighted by molar-refractivity contribution is 5.85. The summed E-state index contributed by atoms with van der Waals surface area (Å²) in [5.74, 6) is 2.39. The maximum Gasteiger partial charge on any atom is 0.170 e. The first-order chi connectivity index (χ1) is 15.5. The number of ketones is 1. The van der Waals surface area contributed by atoms with Crippen LogP contribution in [0, 0.1) is 13.8 Å². The highest BCUT2D eigenvalue weighted by Gasteiger charge is 2.18. The maximum absolute atomic E-state index is 12.9. The van der Waals surface area contributed by atoms with Crippen LogP contribution in [0.25, 0.3) is 10.8 Å². The SMILES string of the molecule is COc1ccc2cc(C(CC(=O)CCc3ccc(C)cc3)Nc3cc(C)on3)ccc2c1. The van der Waals surface area contributed by atoms with Gasteiger partial charge >= 0.3 is 0 Å². The number of aromatic nitrogens is 1. The van der Waals surface area contributed by atoms with Crippen molar-refractivity contribution in [3.8, 4) is 5.75 Å². The van der Waals surface area contributed by atoms with Crippen molar-refractivity contribution < 1.29 is 14.1 Å². The number of benzene rings is 3. The molecule has 0 aliphatic rings. The Labute approximate surface area is 188 Å². The molecule has 0 amide bonds. The van der Waals surface area contributed by atoms with E-state index in [1.807, 2.05) is 31.2 Å². The molecule has 1 atom stereocenters. The van der Waals surface area contributed by atoms with Gasteiger partial charge in [0.25, 0.3) is 0 Å². The Morgan fingerprint density at radius 1 is 1.00 bits per heavy atom. The fourth-order valence-corrected chi connectivity index (χ4v) is 3.82. The van der Waals surface area contributed by atoms with Crippen LogP contribution < -0.4 is 10.1 Å². The first-order valence-corrected chi connectivity index (χ1v) is 10.8. The normalized spacial score (nSPS) is 12.0. The van der Waals surface area contributed by atoms with Crippen LogP contribution in [-0.2, 0) is 11.2 Å². The second kappa shape index (κ2) is 9.69. The van der Waals surface area contributed by atoms with Gasteiger partial charge in [-0.2, -0.15) is 0 Å². The van der Waals surface area contributed by atoms with Crippen molar-refractivity contribution in [2.45, 2.75) is 39.2 Å². The van der Waals surface area contributed by atoms with Gasteiger partial charge in [0, 0.05) is 18.9 Å². The van der Waals surface area contributed by atoms with E-state index in [2.05, 4.69) is 59.9 Å². The van der Waals surface area contributed by atoms with Crippen molar-refractivity contribution in [1.29, 1.82) is 0 Å². The third kappa shape index (κ3) is 5.35. The molecule has 4 aromatic rings. The first kappa shape index (κ1) is 21.6. The number of nitrogens with zero attached hydrogens (tertiary/aromatic N) is 1. The zero-order chi connectivity index (χ0) is 22.5. The lowest BCUT2D eigenvalue weighted by atomic mass is 9.96. The lowest BCUT2D eigenvalue weighted by Gasteiger charge is -2.19. The predicted octanol–water partition coefficient (Wildman–Crippen LogP) is 6.20. The van der Waals surface area contributed by atoms with Crippen molar-refractivity contribution in [3.63, 3.8) is 0 Å². The summed E-state index contributed by atoms with van der Waals surface area (Å²) in [5.41, 5.74) is 3.44. The molecule has 0 saturated carbocycles. The summed E-state index contributed by atoms with van der Waals surface area (Å²) < 4.78 is 10.5. The van der Waals surface area contributed by atoms with Gasteiger partial charge < -0.3 is 14.6 Å². The third-order valence-corrected chi connectivity index (χ3v) is 5.67. The Kier molecular flexibility index (Phi) is 6.55. The van der Waals surface area contributed by atoms with Gasteiger partial charge in [-0.05, 0) is 60.4 Å². The van der Waals surface area contributed by atoms with E-state index in [-0.39, 0.29) is 11.8 Å². The minimum absolute atomic E-state index is 0.198. The summed E-state index contributed by atoms with van der Waals surface area (Å²) in [5, 5.41) is 9.64. The van der Waals surface area contributed by atoms with Gasteiger partial charge in [-0.15, -0.1) is 0 Å². The number of hydrogen-bond acceptors (Lipinski definition) is 5. The van der Waals surface area contributed by atoms with Crippen LogP contribution >= 0.6 is 0 Å². The minimum Gasteiger partial charge on any atom is -0.497 e. The average Bonchev–Trinajstić information content (AvgIpc) is 3.22. The number of carbonyl (C=O) groups excluding carboxylic acids is 1. The molecule has 0 fully saturated rings. The van der Waals surface area contributed by atoms with E-state index >= 15 is 0 Å². The summed E-state index contributed by atoms with van der Waals surface area (Å²) in [6.45, 7) is 3.92. The molecule has 1 heterocycles. The second-order valence-electron chi connectivity index (χ2n) is 8.22. The third-order valence-electron chi connectivity index (χ3n) is 5.67. The van der Waals surface area contributed by atoms with Crippen LogP contribution in [0.3, 0.4) is 0 Å². The Morgan fingerprint density at radius 2 is 1.75 bits per heavy atom. The Hall–Kier alpha value is -3.60. The largest absolute Gasteiger partial charge is 0.497 e. The van der Waals surface area contributed by atoms with E-state index in [9.17, 15) is 4.79 Å². The Balaban J connectivity index is 1.53. The molecule has 0 saturated heterocycles. The Morgan fingerprint density at radius 3 is 2.47 bits per heavy atom. The molecular formula is C27H28N2O3. The van der Waals surface area contributed by atoms with Gasteiger partial charge in [-0.1, -0.05) is 53.2 Å². The molecule has 0 spiro atoms. The van der Waals surface area contributed by atoms with Crippen molar-refractivity contribution in [2.24, 2.45) is 0 Å². The van der Waals surface area contributed by atoms with Crippen LogP contribution in [0.1, 0.15) is 41.3 Å². The fraction of sp³-hybridized carbons (Fsp3) is 0.259. The van der Waals surface area contributed by atoms with Gasteiger partial charge in [0.05, 0.1) is 13.2 Å². The summed E-state index contributed by atoms with van der Waals surface area (Å²) >= 11 is 0. The summed E-state index contributed by atoms with van der Waals surface area (Å²) in [6, 6.07) is 22.2. The number of nitrogens with one attached hydrogen (secondary N) is 1. The quantitative estimate of drug-likeness (QED) is 0.344. The second-order valence-corrected chi connectivity index (χ2v) is 8.22. The molecule has 3 aromatic carbocycles. The van der Waals surface area contributed by atoms with Crippen LogP contribution in [0.4, 0.5) is 5.82 Å². The van der Waals surface area contributed by atoms with E-state index in [0.717, 1.165) is 34.3 Å². The van der Waals surface area contributed by atoms with Gasteiger partial charge in [-0.25, -0.2) is 0 Å². The molecule has 0 bridgehead atoms. The number of fused-ring (bicyclic) bond motifs is 1. The van der Waals surface area contributed by atoms with Gasteiger partial charge in [0.15, 0.2) is 5.82 Å². The molecule has 0 radical (unpaired) electrons. The van der Waals surface area contributed by atoms with E-state index in [4.69, 9.17) is 9.26 Å². The van der Waals surface area contributed by atoms with Gasteiger partial charge in [-0.3, -0.25) is 4.79 Å². The summed E-state index contributed by atoms with van der Waals surface area (Å²) in [4.78, 5) is 12.9. The van der Waals surface area contributed by atoms with Crippen LogP contribution in [0.15, 0.2) is 71.3 Å². The van der Waals surface area contributed by atoms with E-state index in [1.54, 1.807) is 7.11 Å². The van der Waals surface area contributed by atoms with Crippen LogP contribution in [-0.4, -0.2) is 18.0 Å². The summed E-state index contributed by atoms with van der Waals surface area (Å²) in [6.07, 6.45) is 1.62. The number of methoxy groups -OCH3 is 1. The van der Waals surface area contributed by atoms with Crippen molar-refractivity contribution in [2.75, 3.05) is 12.4 Å². The number of ether oxygens (including phenoxy) is 1. The smallest absolute Gasteiger partial charge is 0.170 e. The molecule has 1 unspecified atom stereocenters. The number of carbonyl (C=O) groups is 1. The van der Waals surface area contributed by atoms with E-state index in [1.165, 1.54) is 11.1 Å². The van der Waals surface area contributed by atoms with Crippen LogP contribution in [0.5, 0.6) is 5.75 Å². The van der Waals surface area contributed by atoms with Crippen molar-refractivity contribution in [3.05, 3.63) is 89.2 Å². The molecule has 5 heteroatoms. The molecule has 5 nitrogen and oxygen atoms in total. The maximum atomic E-state index is 12.9. The highest BCUT2D eigenvalue weighted by Crippen LogP contribution is 2.28. The highest BCUT2D eigenvalue weighted by atomic mass is 16.5. The number of rotatable bonds is 9. The van der Waals surface area contributed by atoms with Crippen molar-refractivity contribution in [1.82, 2.24) is 5.16 Å². The molecule has 164 valence electrons. The lowest BCUT2D eigenvalue weighted by Crippen LogP contribution is -2.16. The average molecular weight is 429 g/mol. The number of aryl methyl sites for hydroxylation is 3. The summed E-state index contributed by atoms with van der Waals surface area (Å²) in [7, 11) is 1.66. The fourth-order valence-electron chi connectivity index (χ4n) is 3.82. The first-order valence-electron chi connectivity index (χ1n) is 10.8. The van der Waals surface area contributed by atoms with Crippen LogP contribution in [0.2, 0.25) is 0 Å². The molecular weight excluding hydrogens is 400 g/mol. The van der Waals surface area contributed by atoms with Gasteiger partial charge in [0.2, 0.25) is 0 Å². The number of anilines is 1.